The standard InChI is InChI=1S/C22H22N2O3S/c1-13-6-14(2)8-17(7-13)23-21(25)12-28-22-15(3)9-16-10-19-20(11-18(16)24-22)27-5-4-26-19/h6-11H,4-5,12H2,1-3H3,(H,23,25). The van der Waals surface area contributed by atoms with Gasteiger partial charge in [0, 0.05) is 17.1 Å². The molecule has 1 amide bonds. The van der Waals surface area contributed by atoms with Crippen LogP contribution in [0, 0.1) is 20.8 Å². The van der Waals surface area contributed by atoms with Crippen LogP contribution in [0.25, 0.3) is 10.9 Å². The normalized spacial score (nSPS) is 12.8. The van der Waals surface area contributed by atoms with Gasteiger partial charge in [-0.2, -0.15) is 0 Å². The zero-order chi connectivity index (χ0) is 19.7. The Morgan fingerprint density at radius 3 is 2.39 bits per heavy atom. The van der Waals surface area contributed by atoms with Gasteiger partial charge in [0.2, 0.25) is 5.91 Å². The van der Waals surface area contributed by atoms with Crippen LogP contribution in [0.5, 0.6) is 11.5 Å². The average molecular weight is 394 g/mol. The molecule has 0 saturated heterocycles. The summed E-state index contributed by atoms with van der Waals surface area (Å²) in [5.74, 6) is 1.74. The van der Waals surface area contributed by atoms with E-state index in [1.165, 1.54) is 11.8 Å². The summed E-state index contributed by atoms with van der Waals surface area (Å²) in [6.45, 7) is 7.16. The fourth-order valence-electron chi connectivity index (χ4n) is 3.32. The molecule has 1 aliphatic rings. The molecule has 0 radical (unpaired) electrons. The first-order valence-electron chi connectivity index (χ1n) is 9.20. The van der Waals surface area contributed by atoms with Gasteiger partial charge in [-0.3, -0.25) is 4.79 Å². The Morgan fingerprint density at radius 1 is 1.00 bits per heavy atom. The highest BCUT2D eigenvalue weighted by molar-refractivity contribution is 8.00. The molecule has 3 aromatic rings. The number of aryl methyl sites for hydroxylation is 3. The number of hydrogen-bond donors (Lipinski definition) is 1. The number of ether oxygens (including phenoxy) is 2. The van der Waals surface area contributed by atoms with E-state index in [1.807, 2.05) is 45.0 Å². The number of amides is 1. The third-order valence-corrected chi connectivity index (χ3v) is 5.56. The van der Waals surface area contributed by atoms with Crippen LogP contribution in [0.2, 0.25) is 0 Å². The molecule has 0 fully saturated rings. The van der Waals surface area contributed by atoms with E-state index in [4.69, 9.17) is 14.5 Å². The number of benzene rings is 2. The molecular weight excluding hydrogens is 372 g/mol. The van der Waals surface area contributed by atoms with E-state index in [1.54, 1.807) is 0 Å². The first-order chi connectivity index (χ1) is 13.5. The van der Waals surface area contributed by atoms with Crippen molar-refractivity contribution >= 4 is 34.3 Å². The second-order valence-corrected chi connectivity index (χ2v) is 7.98. The molecule has 144 valence electrons. The van der Waals surface area contributed by atoms with Crippen molar-refractivity contribution in [3.05, 3.63) is 53.1 Å². The lowest BCUT2D eigenvalue weighted by molar-refractivity contribution is -0.113. The van der Waals surface area contributed by atoms with Crippen LogP contribution >= 0.6 is 11.8 Å². The van der Waals surface area contributed by atoms with Crippen molar-refractivity contribution in [2.75, 3.05) is 24.3 Å². The Bertz CT molecular complexity index is 1050. The summed E-state index contributed by atoms with van der Waals surface area (Å²) in [6, 6.07) is 12.0. The molecule has 1 aliphatic heterocycles. The third-order valence-electron chi connectivity index (χ3n) is 4.47. The average Bonchev–Trinajstić information content (AvgIpc) is 2.64. The topological polar surface area (TPSA) is 60.5 Å². The van der Waals surface area contributed by atoms with E-state index >= 15 is 0 Å². The fourth-order valence-corrected chi connectivity index (χ4v) is 4.11. The van der Waals surface area contributed by atoms with E-state index in [0.717, 1.165) is 49.8 Å². The number of hydrogen-bond acceptors (Lipinski definition) is 5. The lowest BCUT2D eigenvalue weighted by Crippen LogP contribution is -2.15. The van der Waals surface area contributed by atoms with Gasteiger partial charge in [0.05, 0.1) is 11.3 Å². The predicted octanol–water partition coefficient (Wildman–Crippen LogP) is 4.66. The molecule has 0 saturated carbocycles. The van der Waals surface area contributed by atoms with E-state index in [0.29, 0.717) is 19.0 Å². The maximum Gasteiger partial charge on any atom is 0.234 e. The maximum atomic E-state index is 12.4. The van der Waals surface area contributed by atoms with Crippen LogP contribution < -0.4 is 14.8 Å². The van der Waals surface area contributed by atoms with E-state index in [9.17, 15) is 4.79 Å². The molecule has 0 unspecified atom stereocenters. The third kappa shape index (κ3) is 4.07. The first kappa shape index (κ1) is 18.6. The molecular formula is C22H22N2O3S. The van der Waals surface area contributed by atoms with Crippen LogP contribution in [-0.2, 0) is 4.79 Å². The molecule has 1 N–H and O–H groups in total. The van der Waals surface area contributed by atoms with Crippen LogP contribution in [0.15, 0.2) is 41.4 Å². The highest BCUT2D eigenvalue weighted by Gasteiger charge is 2.15. The largest absolute Gasteiger partial charge is 0.486 e. The minimum atomic E-state index is -0.0431. The Labute approximate surface area is 168 Å². The predicted molar refractivity (Wildman–Crippen MR) is 113 cm³/mol. The summed E-state index contributed by atoms with van der Waals surface area (Å²) >= 11 is 1.44. The second kappa shape index (κ2) is 7.72. The molecule has 6 heteroatoms. The molecule has 0 aliphatic carbocycles. The van der Waals surface area contributed by atoms with Crippen molar-refractivity contribution in [3.8, 4) is 11.5 Å². The number of anilines is 1. The molecule has 4 rings (SSSR count). The van der Waals surface area contributed by atoms with Gasteiger partial charge in [0.15, 0.2) is 11.5 Å². The molecule has 1 aromatic heterocycles. The Morgan fingerprint density at radius 2 is 1.68 bits per heavy atom. The lowest BCUT2D eigenvalue weighted by Gasteiger charge is -2.19. The van der Waals surface area contributed by atoms with Gasteiger partial charge in [0.25, 0.3) is 0 Å². The van der Waals surface area contributed by atoms with Gasteiger partial charge in [-0.15, -0.1) is 0 Å². The number of rotatable bonds is 4. The van der Waals surface area contributed by atoms with Gasteiger partial charge >= 0.3 is 0 Å². The van der Waals surface area contributed by atoms with Crippen molar-refractivity contribution < 1.29 is 14.3 Å². The molecule has 2 aromatic carbocycles. The van der Waals surface area contributed by atoms with Gasteiger partial charge < -0.3 is 14.8 Å². The van der Waals surface area contributed by atoms with Crippen LogP contribution in [-0.4, -0.2) is 29.9 Å². The molecule has 2 heterocycles. The number of carbonyl (C=O) groups is 1. The summed E-state index contributed by atoms with van der Waals surface area (Å²) < 4.78 is 11.3. The maximum absolute atomic E-state index is 12.4. The number of thioether (sulfide) groups is 1. The summed E-state index contributed by atoms with van der Waals surface area (Å²) in [5, 5.41) is 4.82. The fraction of sp³-hybridized carbons (Fsp3) is 0.273. The summed E-state index contributed by atoms with van der Waals surface area (Å²) in [6.07, 6.45) is 0. The van der Waals surface area contributed by atoms with E-state index in [-0.39, 0.29) is 5.91 Å². The first-order valence-corrected chi connectivity index (χ1v) is 10.2. The number of nitrogens with zero attached hydrogens (tertiary/aromatic N) is 1. The zero-order valence-electron chi connectivity index (χ0n) is 16.2. The molecule has 0 bridgehead atoms. The van der Waals surface area contributed by atoms with Crippen LogP contribution in [0.1, 0.15) is 16.7 Å². The lowest BCUT2D eigenvalue weighted by atomic mass is 10.1. The SMILES string of the molecule is Cc1cc(C)cc(NC(=O)CSc2nc3cc4c(cc3cc2C)OCCO4)c1. The minimum absolute atomic E-state index is 0.0431. The number of pyridine rings is 1. The van der Waals surface area contributed by atoms with Crippen molar-refractivity contribution in [3.63, 3.8) is 0 Å². The number of aromatic nitrogens is 1. The quantitative estimate of drug-likeness (QED) is 0.652. The minimum Gasteiger partial charge on any atom is -0.486 e. The number of nitrogens with one attached hydrogen (secondary N) is 1. The summed E-state index contributed by atoms with van der Waals surface area (Å²) in [7, 11) is 0. The Kier molecular flexibility index (Phi) is 5.13. The molecule has 5 nitrogen and oxygen atoms in total. The van der Waals surface area contributed by atoms with Crippen LogP contribution in [0.3, 0.4) is 0 Å². The Hall–Kier alpha value is -2.73. The highest BCUT2D eigenvalue weighted by Crippen LogP contribution is 2.35. The highest BCUT2D eigenvalue weighted by atomic mass is 32.2. The van der Waals surface area contributed by atoms with Crippen molar-refractivity contribution in [2.24, 2.45) is 0 Å². The number of carbonyl (C=O) groups excluding carboxylic acids is 1. The van der Waals surface area contributed by atoms with Gasteiger partial charge in [0.1, 0.15) is 18.2 Å². The van der Waals surface area contributed by atoms with Crippen molar-refractivity contribution in [1.29, 1.82) is 0 Å². The van der Waals surface area contributed by atoms with Gasteiger partial charge in [-0.1, -0.05) is 17.8 Å². The van der Waals surface area contributed by atoms with Crippen molar-refractivity contribution in [1.82, 2.24) is 4.98 Å². The monoisotopic (exact) mass is 394 g/mol. The molecule has 0 atom stereocenters. The van der Waals surface area contributed by atoms with E-state index < -0.39 is 0 Å². The van der Waals surface area contributed by atoms with Gasteiger partial charge in [-0.05, 0) is 61.7 Å². The van der Waals surface area contributed by atoms with Crippen molar-refractivity contribution in [2.45, 2.75) is 25.8 Å². The Balaban J connectivity index is 1.49. The molecule has 0 spiro atoms. The second-order valence-electron chi connectivity index (χ2n) is 7.01. The van der Waals surface area contributed by atoms with Crippen LogP contribution in [0.4, 0.5) is 5.69 Å². The summed E-state index contributed by atoms with van der Waals surface area (Å²) in [4.78, 5) is 17.1. The van der Waals surface area contributed by atoms with Gasteiger partial charge in [-0.25, -0.2) is 4.98 Å². The smallest absolute Gasteiger partial charge is 0.234 e. The number of fused-ring (bicyclic) bond motifs is 2. The zero-order valence-corrected chi connectivity index (χ0v) is 17.0. The molecule has 28 heavy (non-hydrogen) atoms. The summed E-state index contributed by atoms with van der Waals surface area (Å²) in [5.41, 5.74) is 4.96. The van der Waals surface area contributed by atoms with E-state index in [2.05, 4.69) is 17.4 Å².